The molecule has 2 rings (SSSR count). The van der Waals surface area contributed by atoms with Crippen LogP contribution in [0.15, 0.2) is 48.5 Å². The topological polar surface area (TPSA) is 80.3 Å². The van der Waals surface area contributed by atoms with Gasteiger partial charge in [-0.2, -0.15) is 0 Å². The number of ether oxygens (including phenoxy) is 5. The van der Waals surface area contributed by atoms with E-state index in [9.17, 15) is 9.59 Å². The standard InChI is InChI=1S/C21H22O7/c1-24-19-13-15(8-10-20(22)25-2)7-9-18(19)28-12-11-27-17-6-4-5-16(14-17)21(23)26-3/h4-10,13-14H,11-12H2,1-3H3/b10-8+. The van der Waals surface area contributed by atoms with Crippen LogP contribution >= 0.6 is 0 Å². The van der Waals surface area contributed by atoms with Gasteiger partial charge in [-0.15, -0.1) is 0 Å². The van der Waals surface area contributed by atoms with Gasteiger partial charge in [0.05, 0.1) is 26.9 Å². The van der Waals surface area contributed by atoms with Crippen molar-refractivity contribution in [2.75, 3.05) is 34.5 Å². The summed E-state index contributed by atoms with van der Waals surface area (Å²) < 4.78 is 25.9. The lowest BCUT2D eigenvalue weighted by atomic mass is 10.2. The quantitative estimate of drug-likeness (QED) is 0.372. The molecule has 0 amide bonds. The van der Waals surface area contributed by atoms with Crippen LogP contribution in [-0.4, -0.2) is 46.5 Å². The number of rotatable bonds is 9. The molecular formula is C21H22O7. The molecule has 0 unspecified atom stereocenters. The highest BCUT2D eigenvalue weighted by molar-refractivity contribution is 5.89. The van der Waals surface area contributed by atoms with E-state index in [-0.39, 0.29) is 13.2 Å². The van der Waals surface area contributed by atoms with Crippen molar-refractivity contribution in [3.05, 3.63) is 59.7 Å². The Morgan fingerprint density at radius 1 is 0.893 bits per heavy atom. The van der Waals surface area contributed by atoms with Gasteiger partial charge in [0.25, 0.3) is 0 Å². The van der Waals surface area contributed by atoms with Crippen LogP contribution in [0.1, 0.15) is 15.9 Å². The minimum absolute atomic E-state index is 0.274. The van der Waals surface area contributed by atoms with E-state index in [0.29, 0.717) is 22.8 Å². The molecule has 0 bridgehead atoms. The number of carbonyl (C=O) groups is 2. The smallest absolute Gasteiger partial charge is 0.337 e. The van der Waals surface area contributed by atoms with Gasteiger partial charge in [0.15, 0.2) is 11.5 Å². The summed E-state index contributed by atoms with van der Waals surface area (Å²) in [6.07, 6.45) is 2.95. The van der Waals surface area contributed by atoms with Crippen LogP contribution in [0.3, 0.4) is 0 Å². The molecule has 0 atom stereocenters. The van der Waals surface area contributed by atoms with Crippen molar-refractivity contribution in [2.24, 2.45) is 0 Å². The first kappa shape index (κ1) is 20.8. The molecule has 0 saturated carbocycles. The number of methoxy groups -OCH3 is 3. The van der Waals surface area contributed by atoms with Gasteiger partial charge < -0.3 is 23.7 Å². The Labute approximate surface area is 163 Å². The molecule has 0 spiro atoms. The monoisotopic (exact) mass is 386 g/mol. The maximum absolute atomic E-state index is 11.5. The van der Waals surface area contributed by atoms with E-state index in [1.54, 1.807) is 48.5 Å². The van der Waals surface area contributed by atoms with E-state index in [1.165, 1.54) is 27.4 Å². The molecule has 0 N–H and O–H groups in total. The summed E-state index contributed by atoms with van der Waals surface area (Å²) >= 11 is 0. The zero-order valence-electron chi connectivity index (χ0n) is 16.0. The molecule has 0 aliphatic carbocycles. The van der Waals surface area contributed by atoms with E-state index < -0.39 is 11.9 Å². The Morgan fingerprint density at radius 2 is 1.68 bits per heavy atom. The van der Waals surface area contributed by atoms with Crippen LogP contribution < -0.4 is 14.2 Å². The van der Waals surface area contributed by atoms with Crippen molar-refractivity contribution < 1.29 is 33.3 Å². The van der Waals surface area contributed by atoms with Crippen molar-refractivity contribution in [1.29, 1.82) is 0 Å². The highest BCUT2D eigenvalue weighted by Gasteiger charge is 2.07. The van der Waals surface area contributed by atoms with E-state index in [2.05, 4.69) is 9.47 Å². The minimum Gasteiger partial charge on any atom is -0.493 e. The molecule has 0 heterocycles. The van der Waals surface area contributed by atoms with E-state index >= 15 is 0 Å². The van der Waals surface area contributed by atoms with Gasteiger partial charge in [-0.1, -0.05) is 12.1 Å². The molecule has 2 aromatic carbocycles. The fourth-order valence-corrected chi connectivity index (χ4v) is 2.28. The normalized spacial score (nSPS) is 10.4. The van der Waals surface area contributed by atoms with Gasteiger partial charge >= 0.3 is 11.9 Å². The number of benzene rings is 2. The maximum atomic E-state index is 11.5. The van der Waals surface area contributed by atoms with Gasteiger partial charge in [-0.05, 0) is 42.0 Å². The summed E-state index contributed by atoms with van der Waals surface area (Å²) in [6, 6.07) is 12.0. The van der Waals surface area contributed by atoms with Crippen LogP contribution in [0.25, 0.3) is 6.08 Å². The number of esters is 2. The summed E-state index contributed by atoms with van der Waals surface area (Å²) in [5.41, 5.74) is 1.18. The minimum atomic E-state index is -0.437. The zero-order valence-corrected chi connectivity index (χ0v) is 16.0. The summed E-state index contributed by atoms with van der Waals surface area (Å²) in [6.45, 7) is 0.550. The molecule has 0 saturated heterocycles. The second-order valence-corrected chi connectivity index (χ2v) is 5.48. The highest BCUT2D eigenvalue weighted by Crippen LogP contribution is 2.28. The van der Waals surface area contributed by atoms with Crippen LogP contribution in [0, 0.1) is 0 Å². The Kier molecular flexibility index (Phi) is 7.90. The molecule has 0 aromatic heterocycles. The van der Waals surface area contributed by atoms with E-state index in [0.717, 1.165) is 5.56 Å². The third kappa shape index (κ3) is 6.05. The first-order chi connectivity index (χ1) is 13.6. The van der Waals surface area contributed by atoms with Crippen LogP contribution in [0.4, 0.5) is 0 Å². The maximum Gasteiger partial charge on any atom is 0.337 e. The third-order valence-electron chi connectivity index (χ3n) is 3.67. The van der Waals surface area contributed by atoms with Crippen molar-refractivity contribution >= 4 is 18.0 Å². The van der Waals surface area contributed by atoms with E-state index in [4.69, 9.17) is 14.2 Å². The number of carbonyl (C=O) groups excluding carboxylic acids is 2. The van der Waals surface area contributed by atoms with Crippen LogP contribution in [0.5, 0.6) is 17.2 Å². The molecule has 7 heteroatoms. The molecule has 7 nitrogen and oxygen atoms in total. The average Bonchev–Trinajstić information content (AvgIpc) is 2.74. The average molecular weight is 386 g/mol. The predicted octanol–water partition coefficient (Wildman–Crippen LogP) is 3.13. The largest absolute Gasteiger partial charge is 0.493 e. The van der Waals surface area contributed by atoms with Crippen LogP contribution in [0.2, 0.25) is 0 Å². The Hall–Kier alpha value is -3.48. The predicted molar refractivity (Wildman–Crippen MR) is 103 cm³/mol. The number of hydrogen-bond donors (Lipinski definition) is 0. The van der Waals surface area contributed by atoms with Crippen molar-refractivity contribution in [1.82, 2.24) is 0 Å². The molecule has 0 radical (unpaired) electrons. The molecule has 148 valence electrons. The van der Waals surface area contributed by atoms with Crippen molar-refractivity contribution in [2.45, 2.75) is 0 Å². The van der Waals surface area contributed by atoms with Gasteiger partial charge in [-0.3, -0.25) is 0 Å². The SMILES string of the molecule is COC(=O)/C=C/c1ccc(OCCOc2cccc(C(=O)OC)c2)c(OC)c1. The second kappa shape index (κ2) is 10.6. The van der Waals surface area contributed by atoms with Gasteiger partial charge in [-0.25, -0.2) is 9.59 Å². The van der Waals surface area contributed by atoms with Crippen molar-refractivity contribution in [3.63, 3.8) is 0 Å². The molecule has 0 aliphatic heterocycles. The Bertz CT molecular complexity index is 842. The lowest BCUT2D eigenvalue weighted by Gasteiger charge is -2.12. The molecule has 0 aliphatic rings. The fraction of sp³-hybridized carbons (Fsp3) is 0.238. The zero-order chi connectivity index (χ0) is 20.4. The lowest BCUT2D eigenvalue weighted by Crippen LogP contribution is -2.10. The lowest BCUT2D eigenvalue weighted by molar-refractivity contribution is -0.134. The number of hydrogen-bond acceptors (Lipinski definition) is 7. The fourth-order valence-electron chi connectivity index (χ4n) is 2.28. The van der Waals surface area contributed by atoms with Gasteiger partial charge in [0, 0.05) is 6.08 Å². The van der Waals surface area contributed by atoms with Crippen molar-refractivity contribution in [3.8, 4) is 17.2 Å². The molecule has 28 heavy (non-hydrogen) atoms. The summed E-state index contributed by atoms with van der Waals surface area (Å²) in [5.74, 6) is 0.756. The summed E-state index contributed by atoms with van der Waals surface area (Å²) in [4.78, 5) is 22.7. The summed E-state index contributed by atoms with van der Waals surface area (Å²) in [7, 11) is 4.18. The summed E-state index contributed by atoms with van der Waals surface area (Å²) in [5, 5.41) is 0. The third-order valence-corrected chi connectivity index (χ3v) is 3.67. The first-order valence-corrected chi connectivity index (χ1v) is 8.45. The second-order valence-electron chi connectivity index (χ2n) is 5.48. The Morgan fingerprint density at radius 3 is 2.39 bits per heavy atom. The molecule has 0 fully saturated rings. The molecular weight excluding hydrogens is 364 g/mol. The molecule has 2 aromatic rings. The van der Waals surface area contributed by atoms with E-state index in [1.807, 2.05) is 0 Å². The van der Waals surface area contributed by atoms with Crippen LogP contribution in [-0.2, 0) is 14.3 Å². The van der Waals surface area contributed by atoms with Gasteiger partial charge in [0.1, 0.15) is 19.0 Å². The van der Waals surface area contributed by atoms with Gasteiger partial charge in [0.2, 0.25) is 0 Å². The highest BCUT2D eigenvalue weighted by atomic mass is 16.5. The first-order valence-electron chi connectivity index (χ1n) is 8.45. The Balaban J connectivity index is 1.91.